The maximum atomic E-state index is 14.7. The highest BCUT2D eigenvalue weighted by molar-refractivity contribution is 6.31. The lowest BCUT2D eigenvalue weighted by Crippen LogP contribution is -2.49. The number of aryl methyl sites for hydroxylation is 1. The van der Waals surface area contributed by atoms with Gasteiger partial charge in [-0.05, 0) is 67.6 Å². The number of rotatable bonds is 6. The van der Waals surface area contributed by atoms with E-state index in [1.54, 1.807) is 6.07 Å². The minimum atomic E-state index is -0.767. The molecule has 1 atom stereocenters. The summed E-state index contributed by atoms with van der Waals surface area (Å²) in [5.41, 5.74) is 5.19. The van der Waals surface area contributed by atoms with Crippen LogP contribution in [-0.4, -0.2) is 35.6 Å². The predicted molar refractivity (Wildman–Crippen MR) is 113 cm³/mol. The molecule has 2 aromatic rings. The molecule has 4 nitrogen and oxygen atoms in total. The summed E-state index contributed by atoms with van der Waals surface area (Å²) < 4.78 is 14.7. The third-order valence-corrected chi connectivity index (χ3v) is 6.74. The molecule has 29 heavy (non-hydrogen) atoms. The second kappa shape index (κ2) is 7.96. The SMILES string of the molecule is CCN(c1ccc(Cl)c(C)c1)C1CCc2c1ccc(F)c2CN1CC(C(=O)O)C1. The molecule has 4 rings (SSSR count). The van der Waals surface area contributed by atoms with Crippen molar-refractivity contribution < 1.29 is 14.3 Å². The van der Waals surface area contributed by atoms with Gasteiger partial charge in [0.05, 0.1) is 12.0 Å². The minimum absolute atomic E-state index is 0.187. The number of carbonyl (C=O) groups is 1. The summed E-state index contributed by atoms with van der Waals surface area (Å²) in [6.45, 7) is 6.47. The van der Waals surface area contributed by atoms with Crippen LogP contribution < -0.4 is 4.90 Å². The van der Waals surface area contributed by atoms with Crippen LogP contribution in [0.2, 0.25) is 5.02 Å². The maximum Gasteiger partial charge on any atom is 0.309 e. The molecule has 1 N–H and O–H groups in total. The second-order valence-electron chi connectivity index (χ2n) is 8.10. The van der Waals surface area contributed by atoms with Crippen LogP contribution in [0.1, 0.15) is 41.6 Å². The van der Waals surface area contributed by atoms with Crippen LogP contribution in [0, 0.1) is 18.7 Å². The minimum Gasteiger partial charge on any atom is -0.481 e. The first-order valence-corrected chi connectivity index (χ1v) is 10.5. The van der Waals surface area contributed by atoms with Gasteiger partial charge in [0, 0.05) is 42.5 Å². The zero-order valence-electron chi connectivity index (χ0n) is 16.8. The fraction of sp³-hybridized carbons (Fsp3) is 0.435. The van der Waals surface area contributed by atoms with Crippen LogP contribution >= 0.6 is 11.6 Å². The van der Waals surface area contributed by atoms with Crippen molar-refractivity contribution in [3.8, 4) is 0 Å². The summed E-state index contributed by atoms with van der Waals surface area (Å²) in [5, 5.41) is 9.84. The first-order chi connectivity index (χ1) is 13.9. The van der Waals surface area contributed by atoms with E-state index < -0.39 is 5.97 Å². The molecule has 1 fully saturated rings. The number of fused-ring (bicyclic) bond motifs is 1. The molecule has 0 saturated carbocycles. The fourth-order valence-electron chi connectivity index (χ4n) is 4.69. The summed E-state index contributed by atoms with van der Waals surface area (Å²) in [6.07, 6.45) is 1.78. The largest absolute Gasteiger partial charge is 0.481 e. The fourth-order valence-corrected chi connectivity index (χ4v) is 4.81. The van der Waals surface area contributed by atoms with Crippen LogP contribution in [0.3, 0.4) is 0 Å². The summed E-state index contributed by atoms with van der Waals surface area (Å²) in [6, 6.07) is 9.80. The van der Waals surface area contributed by atoms with Gasteiger partial charge in [-0.25, -0.2) is 4.39 Å². The summed E-state index contributed by atoms with van der Waals surface area (Å²) >= 11 is 6.20. The first-order valence-electron chi connectivity index (χ1n) is 10.2. The topological polar surface area (TPSA) is 43.8 Å². The van der Waals surface area contributed by atoms with Gasteiger partial charge in [0.15, 0.2) is 0 Å². The smallest absolute Gasteiger partial charge is 0.309 e. The van der Waals surface area contributed by atoms with E-state index in [9.17, 15) is 9.18 Å². The highest BCUT2D eigenvalue weighted by Crippen LogP contribution is 2.41. The molecule has 2 aliphatic rings. The van der Waals surface area contributed by atoms with Crippen LogP contribution in [0.5, 0.6) is 0 Å². The normalized spacial score (nSPS) is 19.1. The summed E-state index contributed by atoms with van der Waals surface area (Å²) in [7, 11) is 0. The van der Waals surface area contributed by atoms with Crippen molar-refractivity contribution in [3.05, 3.63) is 63.4 Å². The molecule has 0 bridgehead atoms. The molecule has 1 aliphatic heterocycles. The zero-order chi connectivity index (χ0) is 20.7. The molecule has 0 spiro atoms. The monoisotopic (exact) mass is 416 g/mol. The Balaban J connectivity index is 1.60. The van der Waals surface area contributed by atoms with Crippen molar-refractivity contribution in [3.63, 3.8) is 0 Å². The number of benzene rings is 2. The molecule has 0 aromatic heterocycles. The van der Waals surface area contributed by atoms with Crippen molar-refractivity contribution in [1.29, 1.82) is 0 Å². The van der Waals surface area contributed by atoms with Crippen LogP contribution in [0.4, 0.5) is 10.1 Å². The second-order valence-corrected chi connectivity index (χ2v) is 8.50. The number of halogens is 2. The van der Waals surface area contributed by atoms with Gasteiger partial charge in [0.2, 0.25) is 0 Å². The van der Waals surface area contributed by atoms with Crippen molar-refractivity contribution in [1.82, 2.24) is 4.90 Å². The van der Waals surface area contributed by atoms with Gasteiger partial charge in [-0.1, -0.05) is 17.7 Å². The molecule has 1 aliphatic carbocycles. The Labute approximate surface area is 175 Å². The van der Waals surface area contributed by atoms with Gasteiger partial charge >= 0.3 is 5.97 Å². The average molecular weight is 417 g/mol. The lowest BCUT2D eigenvalue weighted by molar-refractivity contribution is -0.147. The van der Waals surface area contributed by atoms with Gasteiger partial charge in [0.1, 0.15) is 5.82 Å². The molecule has 1 heterocycles. The number of hydrogen-bond acceptors (Lipinski definition) is 3. The molecular weight excluding hydrogens is 391 g/mol. The molecule has 2 aromatic carbocycles. The third kappa shape index (κ3) is 3.74. The first kappa shape index (κ1) is 20.2. The molecule has 6 heteroatoms. The Hall–Kier alpha value is -2.11. The number of likely N-dealkylation sites (tertiary alicyclic amines) is 1. The molecule has 1 saturated heterocycles. The van der Waals surface area contributed by atoms with Crippen molar-refractivity contribution in [2.75, 3.05) is 24.5 Å². The highest BCUT2D eigenvalue weighted by atomic mass is 35.5. The highest BCUT2D eigenvalue weighted by Gasteiger charge is 2.35. The zero-order valence-corrected chi connectivity index (χ0v) is 17.5. The maximum absolute atomic E-state index is 14.7. The lowest BCUT2D eigenvalue weighted by Gasteiger charge is -2.37. The van der Waals surface area contributed by atoms with Gasteiger partial charge in [-0.2, -0.15) is 0 Å². The number of anilines is 1. The Morgan fingerprint density at radius 1 is 1.31 bits per heavy atom. The van der Waals surface area contributed by atoms with E-state index in [0.717, 1.165) is 46.8 Å². The summed E-state index contributed by atoms with van der Waals surface area (Å²) in [5.74, 6) is -1.28. The van der Waals surface area contributed by atoms with Gasteiger partial charge in [-0.15, -0.1) is 0 Å². The predicted octanol–water partition coefficient (Wildman–Crippen LogP) is 4.82. The lowest BCUT2D eigenvalue weighted by atomic mass is 9.96. The average Bonchev–Trinajstić information content (AvgIpc) is 3.06. The number of hydrogen-bond donors (Lipinski definition) is 1. The van der Waals surface area contributed by atoms with Crippen LogP contribution in [0.15, 0.2) is 30.3 Å². The standard InChI is InChI=1S/C23H26ClFN2O2/c1-3-27(16-4-7-20(24)14(2)10-16)22-9-6-17-18(22)5-8-21(25)19(17)13-26-11-15(12-26)23(28)29/h4-5,7-8,10,15,22H,3,6,9,11-13H2,1-2H3,(H,28,29). The number of aliphatic carboxylic acids is 1. The van der Waals surface area contributed by atoms with E-state index in [2.05, 4.69) is 17.9 Å². The van der Waals surface area contributed by atoms with E-state index in [1.807, 2.05) is 30.0 Å². The molecular formula is C23H26ClFN2O2. The van der Waals surface area contributed by atoms with E-state index in [0.29, 0.717) is 19.6 Å². The quantitative estimate of drug-likeness (QED) is 0.733. The number of carboxylic acids is 1. The molecule has 1 unspecified atom stereocenters. The van der Waals surface area contributed by atoms with Crippen molar-refractivity contribution in [2.24, 2.45) is 5.92 Å². The molecule has 0 amide bonds. The Bertz CT molecular complexity index is 943. The van der Waals surface area contributed by atoms with E-state index in [-0.39, 0.29) is 17.8 Å². The molecule has 154 valence electrons. The molecule has 0 radical (unpaired) electrons. The Kier molecular flexibility index (Phi) is 5.54. The Morgan fingerprint density at radius 3 is 2.72 bits per heavy atom. The Morgan fingerprint density at radius 2 is 2.07 bits per heavy atom. The van der Waals surface area contributed by atoms with Crippen molar-refractivity contribution in [2.45, 2.75) is 39.3 Å². The van der Waals surface area contributed by atoms with E-state index >= 15 is 0 Å². The third-order valence-electron chi connectivity index (χ3n) is 6.32. The van der Waals surface area contributed by atoms with Crippen molar-refractivity contribution >= 4 is 23.3 Å². The summed E-state index contributed by atoms with van der Waals surface area (Å²) in [4.78, 5) is 15.4. The van der Waals surface area contributed by atoms with Gasteiger partial charge in [-0.3, -0.25) is 9.69 Å². The number of nitrogens with zero attached hydrogens (tertiary/aromatic N) is 2. The van der Waals surface area contributed by atoms with E-state index in [4.69, 9.17) is 16.7 Å². The van der Waals surface area contributed by atoms with E-state index in [1.165, 1.54) is 5.56 Å². The van der Waals surface area contributed by atoms with Crippen LogP contribution in [-0.2, 0) is 17.8 Å². The number of carboxylic acid groups (broad SMARTS) is 1. The van der Waals surface area contributed by atoms with Gasteiger partial charge in [0.25, 0.3) is 0 Å². The van der Waals surface area contributed by atoms with Gasteiger partial charge < -0.3 is 10.0 Å². The van der Waals surface area contributed by atoms with Crippen LogP contribution in [0.25, 0.3) is 0 Å².